The largest absolute Gasteiger partial charge is 0.339 e. The molecule has 7 nitrogen and oxygen atoms in total. The number of aromatic nitrogens is 3. The minimum absolute atomic E-state index is 0.115. The third kappa shape index (κ3) is 6.35. The minimum atomic E-state index is 0.115. The van der Waals surface area contributed by atoms with Gasteiger partial charge in [-0.3, -0.25) is 4.79 Å². The van der Waals surface area contributed by atoms with Crippen LogP contribution >= 0.6 is 0 Å². The smallest absolute Gasteiger partial charge is 0.246 e. The Balaban J connectivity index is 1.51. The monoisotopic (exact) mass is 394 g/mol. The number of carbonyl (C=O) groups excluding carboxylic acids is 1. The van der Waals surface area contributed by atoms with Crippen LogP contribution in [0.3, 0.4) is 0 Å². The third-order valence-corrected chi connectivity index (χ3v) is 5.13. The average molecular weight is 395 g/mol. The number of rotatable bonds is 7. The van der Waals surface area contributed by atoms with Gasteiger partial charge in [0.15, 0.2) is 0 Å². The van der Waals surface area contributed by atoms with Gasteiger partial charge in [0.25, 0.3) is 0 Å². The van der Waals surface area contributed by atoms with Crippen LogP contribution in [-0.4, -0.2) is 64.4 Å². The Hall–Kier alpha value is -2.80. The number of pyridine rings is 1. The molecule has 2 aromatic heterocycles. The Morgan fingerprint density at radius 2 is 2.07 bits per heavy atom. The number of carbonyl (C=O) groups is 1. The van der Waals surface area contributed by atoms with E-state index in [0.29, 0.717) is 5.92 Å². The molecule has 1 saturated heterocycles. The van der Waals surface area contributed by atoms with Gasteiger partial charge in [-0.2, -0.15) is 0 Å². The zero-order valence-electron chi connectivity index (χ0n) is 17.5. The molecule has 1 aliphatic heterocycles. The first-order valence-corrected chi connectivity index (χ1v) is 10.1. The summed E-state index contributed by atoms with van der Waals surface area (Å²) in [5, 5.41) is 3.27. The highest BCUT2D eigenvalue weighted by Crippen LogP contribution is 2.23. The van der Waals surface area contributed by atoms with E-state index in [2.05, 4.69) is 20.3 Å². The maximum Gasteiger partial charge on any atom is 0.246 e. The number of nitrogens with one attached hydrogen (secondary N) is 1. The van der Waals surface area contributed by atoms with E-state index in [1.54, 1.807) is 18.6 Å². The standard InChI is InChI=1S/C22H30N6O/c1-17-6-4-10-23-22(17)26-20-15-19(24-16-25-20)14-18-8-12-28(13-9-18)21(29)7-5-11-27(2)3/h4-7,10,15-16,18H,8-9,11-14H2,1-3H3,(H,23,24,25,26)/b7-5+. The van der Waals surface area contributed by atoms with Gasteiger partial charge in [-0.25, -0.2) is 15.0 Å². The van der Waals surface area contributed by atoms with Gasteiger partial charge in [-0.05, 0) is 57.8 Å². The summed E-state index contributed by atoms with van der Waals surface area (Å²) in [6, 6.07) is 5.93. The van der Waals surface area contributed by atoms with Gasteiger partial charge in [0.2, 0.25) is 5.91 Å². The van der Waals surface area contributed by atoms with Crippen LogP contribution < -0.4 is 5.32 Å². The van der Waals surface area contributed by atoms with Gasteiger partial charge in [0.1, 0.15) is 18.0 Å². The summed E-state index contributed by atoms with van der Waals surface area (Å²) in [7, 11) is 3.98. The highest BCUT2D eigenvalue weighted by atomic mass is 16.2. The van der Waals surface area contributed by atoms with Crippen LogP contribution in [0.15, 0.2) is 42.9 Å². The van der Waals surface area contributed by atoms with E-state index in [9.17, 15) is 4.79 Å². The Morgan fingerprint density at radius 3 is 2.79 bits per heavy atom. The zero-order chi connectivity index (χ0) is 20.6. The molecule has 154 valence electrons. The quantitative estimate of drug-likeness (QED) is 0.728. The molecule has 0 radical (unpaired) electrons. The number of hydrogen-bond acceptors (Lipinski definition) is 6. The number of likely N-dealkylation sites (N-methyl/N-ethyl adjacent to an activating group) is 1. The van der Waals surface area contributed by atoms with Crippen molar-refractivity contribution in [2.24, 2.45) is 5.92 Å². The van der Waals surface area contributed by atoms with Crippen molar-refractivity contribution in [3.8, 4) is 0 Å². The zero-order valence-corrected chi connectivity index (χ0v) is 17.5. The van der Waals surface area contributed by atoms with E-state index >= 15 is 0 Å². The Bertz CT molecular complexity index is 843. The first-order chi connectivity index (χ1) is 14.0. The molecule has 2 aromatic rings. The molecule has 0 aromatic carbocycles. The van der Waals surface area contributed by atoms with Crippen LogP contribution in [0.2, 0.25) is 0 Å². The number of nitrogens with zero attached hydrogens (tertiary/aromatic N) is 5. The number of likely N-dealkylation sites (tertiary alicyclic amines) is 1. The van der Waals surface area contributed by atoms with E-state index in [0.717, 1.165) is 61.8 Å². The molecule has 1 amide bonds. The van der Waals surface area contributed by atoms with Gasteiger partial charge in [0.05, 0.1) is 0 Å². The van der Waals surface area contributed by atoms with Crippen LogP contribution in [0.5, 0.6) is 0 Å². The normalized spacial score (nSPS) is 15.2. The van der Waals surface area contributed by atoms with E-state index in [1.165, 1.54) is 0 Å². The highest BCUT2D eigenvalue weighted by molar-refractivity contribution is 5.87. The fourth-order valence-corrected chi connectivity index (χ4v) is 3.44. The molecule has 0 unspecified atom stereocenters. The SMILES string of the molecule is Cc1cccnc1Nc1cc(CC2CCN(C(=O)/C=C/CN(C)C)CC2)ncn1. The van der Waals surface area contributed by atoms with Crippen molar-refractivity contribution in [3.63, 3.8) is 0 Å². The number of amides is 1. The van der Waals surface area contributed by atoms with E-state index < -0.39 is 0 Å². The van der Waals surface area contributed by atoms with Gasteiger partial charge in [-0.15, -0.1) is 0 Å². The Morgan fingerprint density at radius 1 is 1.28 bits per heavy atom. The minimum Gasteiger partial charge on any atom is -0.339 e. The molecule has 0 spiro atoms. The first-order valence-electron chi connectivity index (χ1n) is 10.1. The summed E-state index contributed by atoms with van der Waals surface area (Å²) in [5.41, 5.74) is 2.09. The van der Waals surface area contributed by atoms with Gasteiger partial charge >= 0.3 is 0 Å². The number of anilines is 2. The topological polar surface area (TPSA) is 74.2 Å². The van der Waals surface area contributed by atoms with Crippen LogP contribution in [-0.2, 0) is 11.2 Å². The van der Waals surface area contributed by atoms with Crippen molar-refractivity contribution >= 4 is 17.5 Å². The van der Waals surface area contributed by atoms with Crippen molar-refractivity contribution in [3.05, 3.63) is 54.1 Å². The molecule has 0 bridgehead atoms. The molecule has 3 heterocycles. The second kappa shape index (κ2) is 10.1. The second-order valence-electron chi connectivity index (χ2n) is 7.83. The molecule has 3 rings (SSSR count). The summed E-state index contributed by atoms with van der Waals surface area (Å²) >= 11 is 0. The van der Waals surface area contributed by atoms with Crippen molar-refractivity contribution in [2.75, 3.05) is 39.0 Å². The lowest BCUT2D eigenvalue weighted by Gasteiger charge is -2.31. The Kier molecular flexibility index (Phi) is 7.30. The highest BCUT2D eigenvalue weighted by Gasteiger charge is 2.22. The molecule has 1 aliphatic rings. The van der Waals surface area contributed by atoms with Crippen molar-refractivity contribution < 1.29 is 4.79 Å². The number of piperidine rings is 1. The summed E-state index contributed by atoms with van der Waals surface area (Å²) in [6.45, 7) is 4.41. The van der Waals surface area contributed by atoms with Gasteiger partial charge < -0.3 is 15.1 Å². The van der Waals surface area contributed by atoms with E-state index in [1.807, 2.05) is 55.1 Å². The van der Waals surface area contributed by atoms with Crippen LogP contribution in [0.4, 0.5) is 11.6 Å². The molecule has 1 N–H and O–H groups in total. The second-order valence-corrected chi connectivity index (χ2v) is 7.83. The lowest BCUT2D eigenvalue weighted by molar-refractivity contribution is -0.127. The predicted molar refractivity (Wildman–Crippen MR) is 115 cm³/mol. The maximum atomic E-state index is 12.3. The van der Waals surface area contributed by atoms with Crippen molar-refractivity contribution in [1.29, 1.82) is 0 Å². The van der Waals surface area contributed by atoms with Crippen molar-refractivity contribution in [1.82, 2.24) is 24.8 Å². The molecule has 7 heteroatoms. The van der Waals surface area contributed by atoms with Gasteiger partial charge in [-0.1, -0.05) is 12.1 Å². The fourth-order valence-electron chi connectivity index (χ4n) is 3.44. The lowest BCUT2D eigenvalue weighted by Crippen LogP contribution is -2.38. The molecular formula is C22H30N6O. The molecule has 1 fully saturated rings. The summed E-state index contributed by atoms with van der Waals surface area (Å²) in [6.07, 6.45) is 9.89. The number of aryl methyl sites for hydroxylation is 1. The summed E-state index contributed by atoms with van der Waals surface area (Å²) < 4.78 is 0. The van der Waals surface area contributed by atoms with E-state index in [-0.39, 0.29) is 5.91 Å². The third-order valence-electron chi connectivity index (χ3n) is 5.13. The summed E-state index contributed by atoms with van der Waals surface area (Å²) in [5.74, 6) is 2.22. The Labute approximate surface area is 172 Å². The number of hydrogen-bond donors (Lipinski definition) is 1. The predicted octanol–water partition coefficient (Wildman–Crippen LogP) is 2.82. The van der Waals surface area contributed by atoms with Crippen LogP contribution in [0, 0.1) is 12.8 Å². The average Bonchev–Trinajstić information content (AvgIpc) is 2.70. The van der Waals surface area contributed by atoms with E-state index in [4.69, 9.17) is 0 Å². The molecule has 29 heavy (non-hydrogen) atoms. The van der Waals surface area contributed by atoms with Crippen LogP contribution in [0.25, 0.3) is 0 Å². The molecule has 0 aliphatic carbocycles. The maximum absolute atomic E-state index is 12.3. The molecule has 0 atom stereocenters. The van der Waals surface area contributed by atoms with Gasteiger partial charge in [0, 0.05) is 43.7 Å². The van der Waals surface area contributed by atoms with Crippen LogP contribution in [0.1, 0.15) is 24.1 Å². The van der Waals surface area contributed by atoms with Crippen molar-refractivity contribution in [2.45, 2.75) is 26.2 Å². The lowest BCUT2D eigenvalue weighted by atomic mass is 9.92. The molecular weight excluding hydrogens is 364 g/mol. The fraction of sp³-hybridized carbons (Fsp3) is 0.455. The summed E-state index contributed by atoms with van der Waals surface area (Å²) in [4.78, 5) is 29.4. The first kappa shape index (κ1) is 20.9. The molecule has 0 saturated carbocycles.